The molecule has 0 amide bonds. The molecule has 2 heteroatoms. The summed E-state index contributed by atoms with van der Waals surface area (Å²) in [5, 5.41) is 0. The maximum absolute atomic E-state index is 5.46. The number of allylic oxidation sites excluding steroid dienone is 1. The Balaban J connectivity index is 1.78. The average Bonchev–Trinajstić information content (AvgIpc) is 3.09. The van der Waals surface area contributed by atoms with Crippen LogP contribution in [0.1, 0.15) is 18.9 Å². The summed E-state index contributed by atoms with van der Waals surface area (Å²) in [7, 11) is 0. The Labute approximate surface area is 90.5 Å². The van der Waals surface area contributed by atoms with E-state index in [9.17, 15) is 0 Å². The number of hydrogen-bond acceptors (Lipinski definition) is 2. The normalized spacial score (nSPS) is 20.1. The molecule has 0 saturated carbocycles. The molecule has 0 N–H and O–H groups in total. The third-order valence-corrected chi connectivity index (χ3v) is 2.45. The third-order valence-electron chi connectivity index (χ3n) is 2.45. The van der Waals surface area contributed by atoms with Gasteiger partial charge in [-0.25, -0.2) is 0 Å². The highest BCUT2D eigenvalue weighted by molar-refractivity contribution is 5.62. The van der Waals surface area contributed by atoms with Gasteiger partial charge in [0.25, 0.3) is 0 Å². The van der Waals surface area contributed by atoms with Crippen molar-refractivity contribution in [3.05, 3.63) is 42.2 Å². The Hall–Kier alpha value is -1.28. The summed E-state index contributed by atoms with van der Waals surface area (Å²) in [6.45, 7) is 3.71. The van der Waals surface area contributed by atoms with Gasteiger partial charge in [-0.2, -0.15) is 0 Å². The topological polar surface area (TPSA) is 21.8 Å². The van der Waals surface area contributed by atoms with Crippen LogP contribution in [-0.2, 0) is 9.47 Å². The van der Waals surface area contributed by atoms with Crippen LogP contribution in [0.5, 0.6) is 0 Å². The van der Waals surface area contributed by atoms with Crippen molar-refractivity contribution in [3.63, 3.8) is 0 Å². The molecule has 15 heavy (non-hydrogen) atoms. The molecule has 0 radical (unpaired) electrons. The zero-order valence-electron chi connectivity index (χ0n) is 8.98. The van der Waals surface area contributed by atoms with Crippen molar-refractivity contribution in [2.75, 3.05) is 13.2 Å². The second kappa shape index (κ2) is 4.99. The highest BCUT2D eigenvalue weighted by atomic mass is 16.6. The first kappa shape index (κ1) is 10.2. The Morgan fingerprint density at radius 3 is 2.87 bits per heavy atom. The molecule has 0 aliphatic carbocycles. The van der Waals surface area contributed by atoms with Crippen molar-refractivity contribution < 1.29 is 9.47 Å². The Morgan fingerprint density at radius 1 is 1.47 bits per heavy atom. The highest BCUT2D eigenvalue weighted by Gasteiger charge is 2.21. The van der Waals surface area contributed by atoms with Gasteiger partial charge in [0.2, 0.25) is 0 Å². The summed E-state index contributed by atoms with van der Waals surface area (Å²) >= 11 is 0. The van der Waals surface area contributed by atoms with E-state index in [2.05, 4.69) is 19.1 Å². The monoisotopic (exact) mass is 204 g/mol. The van der Waals surface area contributed by atoms with E-state index in [4.69, 9.17) is 9.47 Å². The molecular formula is C13H16O2. The predicted octanol–water partition coefficient (Wildman–Crippen LogP) is 2.85. The number of rotatable bonds is 5. The van der Waals surface area contributed by atoms with Gasteiger partial charge in [0.1, 0.15) is 0 Å². The summed E-state index contributed by atoms with van der Waals surface area (Å²) < 4.78 is 10.6. The summed E-state index contributed by atoms with van der Waals surface area (Å²) in [4.78, 5) is 0. The van der Waals surface area contributed by atoms with E-state index in [-0.39, 0.29) is 0 Å². The van der Waals surface area contributed by atoms with Crippen molar-refractivity contribution in [2.45, 2.75) is 19.4 Å². The number of benzene rings is 1. The lowest BCUT2D eigenvalue weighted by atomic mass is 10.1. The van der Waals surface area contributed by atoms with E-state index >= 15 is 0 Å². The average molecular weight is 204 g/mol. The largest absolute Gasteiger partial charge is 0.501 e. The predicted molar refractivity (Wildman–Crippen MR) is 60.4 cm³/mol. The number of epoxide rings is 1. The molecule has 1 fully saturated rings. The summed E-state index contributed by atoms with van der Waals surface area (Å²) in [5.41, 5.74) is 2.37. The van der Waals surface area contributed by atoms with Crippen molar-refractivity contribution in [1.82, 2.24) is 0 Å². The lowest BCUT2D eigenvalue weighted by molar-refractivity contribution is 0.230. The smallest absolute Gasteiger partial charge is 0.0899 e. The molecule has 1 saturated heterocycles. The minimum absolute atomic E-state index is 0.454. The van der Waals surface area contributed by atoms with E-state index in [1.165, 1.54) is 5.56 Å². The first-order valence-electron chi connectivity index (χ1n) is 5.31. The van der Waals surface area contributed by atoms with Gasteiger partial charge < -0.3 is 9.47 Å². The van der Waals surface area contributed by atoms with E-state index in [1.54, 1.807) is 0 Å². The first-order valence-corrected chi connectivity index (χ1v) is 5.31. The number of ether oxygens (including phenoxy) is 2. The van der Waals surface area contributed by atoms with Crippen LogP contribution < -0.4 is 0 Å². The maximum Gasteiger partial charge on any atom is 0.0899 e. The molecule has 1 aliphatic heterocycles. The van der Waals surface area contributed by atoms with Crippen LogP contribution in [0.3, 0.4) is 0 Å². The molecule has 2 rings (SSSR count). The second-order valence-electron chi connectivity index (χ2n) is 3.78. The zero-order valence-corrected chi connectivity index (χ0v) is 8.98. The first-order chi connectivity index (χ1) is 7.36. The molecule has 1 aromatic carbocycles. The second-order valence-corrected chi connectivity index (χ2v) is 3.78. The molecule has 1 atom stereocenters. The Kier molecular flexibility index (Phi) is 3.41. The molecular weight excluding hydrogens is 188 g/mol. The third kappa shape index (κ3) is 3.40. The van der Waals surface area contributed by atoms with Gasteiger partial charge in [0.05, 0.1) is 25.6 Å². The van der Waals surface area contributed by atoms with Crippen LogP contribution >= 0.6 is 0 Å². The van der Waals surface area contributed by atoms with Gasteiger partial charge in [-0.3, -0.25) is 0 Å². The van der Waals surface area contributed by atoms with Crippen molar-refractivity contribution in [3.8, 4) is 0 Å². The molecule has 0 bridgehead atoms. The lowest BCUT2D eigenvalue weighted by Gasteiger charge is -2.02. The molecule has 0 aromatic heterocycles. The number of hydrogen-bond donors (Lipinski definition) is 0. The molecule has 1 heterocycles. The molecule has 1 unspecified atom stereocenters. The zero-order chi connectivity index (χ0) is 10.5. The summed E-state index contributed by atoms with van der Waals surface area (Å²) in [6.07, 6.45) is 3.28. The summed E-state index contributed by atoms with van der Waals surface area (Å²) in [5.74, 6) is 0. The van der Waals surface area contributed by atoms with Gasteiger partial charge in [-0.05, 0) is 18.1 Å². The van der Waals surface area contributed by atoms with Gasteiger partial charge in [-0.15, -0.1) is 0 Å². The van der Waals surface area contributed by atoms with Crippen LogP contribution in [0.4, 0.5) is 0 Å². The minimum Gasteiger partial charge on any atom is -0.501 e. The minimum atomic E-state index is 0.454. The standard InChI is InChI=1S/C13H16O2/c1-11(12-5-3-2-4-6-12)9-14-8-7-13-10-15-13/h2-6,9,13H,7-8,10H2,1H3/b11-9-. The molecule has 1 aromatic rings. The van der Waals surface area contributed by atoms with Gasteiger partial charge in [0, 0.05) is 6.42 Å². The van der Waals surface area contributed by atoms with Crippen molar-refractivity contribution >= 4 is 5.57 Å². The fourth-order valence-corrected chi connectivity index (χ4v) is 1.39. The molecule has 0 spiro atoms. The van der Waals surface area contributed by atoms with Crippen LogP contribution in [0, 0.1) is 0 Å². The maximum atomic E-state index is 5.46. The van der Waals surface area contributed by atoms with Gasteiger partial charge in [0.15, 0.2) is 0 Å². The lowest BCUT2D eigenvalue weighted by Crippen LogP contribution is -1.93. The SMILES string of the molecule is C/C(=C/OCCC1CO1)c1ccccc1. The Bertz CT molecular complexity index is 326. The van der Waals surface area contributed by atoms with Crippen LogP contribution in [0.25, 0.3) is 5.57 Å². The van der Waals surface area contributed by atoms with Crippen LogP contribution in [0.15, 0.2) is 36.6 Å². The van der Waals surface area contributed by atoms with Crippen LogP contribution in [0.2, 0.25) is 0 Å². The van der Waals surface area contributed by atoms with Crippen LogP contribution in [-0.4, -0.2) is 19.3 Å². The fourth-order valence-electron chi connectivity index (χ4n) is 1.39. The highest BCUT2D eigenvalue weighted by Crippen LogP contribution is 2.15. The fraction of sp³-hybridized carbons (Fsp3) is 0.385. The Morgan fingerprint density at radius 2 is 2.20 bits per heavy atom. The molecule has 2 nitrogen and oxygen atoms in total. The van der Waals surface area contributed by atoms with Crippen molar-refractivity contribution in [2.24, 2.45) is 0 Å². The quantitative estimate of drug-likeness (QED) is 0.418. The van der Waals surface area contributed by atoms with E-state index in [1.807, 2.05) is 24.5 Å². The van der Waals surface area contributed by atoms with E-state index in [0.717, 1.165) is 25.2 Å². The molecule has 1 aliphatic rings. The summed E-state index contributed by atoms with van der Waals surface area (Å²) in [6, 6.07) is 10.2. The van der Waals surface area contributed by atoms with Crippen molar-refractivity contribution in [1.29, 1.82) is 0 Å². The molecule has 80 valence electrons. The van der Waals surface area contributed by atoms with E-state index in [0.29, 0.717) is 6.10 Å². The van der Waals surface area contributed by atoms with Gasteiger partial charge >= 0.3 is 0 Å². The van der Waals surface area contributed by atoms with E-state index < -0.39 is 0 Å². The van der Waals surface area contributed by atoms with Gasteiger partial charge in [-0.1, -0.05) is 30.3 Å².